The number of anilines is 2. The number of carbonyl (C=O) groups excluding carboxylic acids is 1. The van der Waals surface area contributed by atoms with Gasteiger partial charge in [-0.25, -0.2) is 9.48 Å². The third-order valence-corrected chi connectivity index (χ3v) is 5.41. The topological polar surface area (TPSA) is 53.4 Å². The molecule has 150 valence electrons. The maximum atomic E-state index is 12.6. The average molecular weight is 390 g/mol. The molecule has 29 heavy (non-hydrogen) atoms. The van der Waals surface area contributed by atoms with E-state index in [9.17, 15) is 4.79 Å². The van der Waals surface area contributed by atoms with Crippen molar-refractivity contribution in [2.45, 2.75) is 20.8 Å². The van der Waals surface area contributed by atoms with Crippen LogP contribution in [0.4, 0.5) is 16.2 Å². The maximum absolute atomic E-state index is 12.6. The van der Waals surface area contributed by atoms with E-state index in [-0.39, 0.29) is 6.03 Å². The van der Waals surface area contributed by atoms with E-state index in [4.69, 9.17) is 5.10 Å². The molecule has 0 atom stereocenters. The summed E-state index contributed by atoms with van der Waals surface area (Å²) in [5.41, 5.74) is 6.36. The Morgan fingerprint density at radius 1 is 0.931 bits per heavy atom. The zero-order valence-corrected chi connectivity index (χ0v) is 17.2. The second-order valence-electron chi connectivity index (χ2n) is 7.54. The molecule has 1 aliphatic rings. The van der Waals surface area contributed by atoms with Gasteiger partial charge in [-0.05, 0) is 50.6 Å². The van der Waals surface area contributed by atoms with Crippen molar-refractivity contribution in [3.05, 3.63) is 71.5 Å². The number of hydrogen-bond donors (Lipinski definition) is 1. The Bertz CT molecular complexity index is 1000. The minimum atomic E-state index is -0.0383. The monoisotopic (exact) mass is 389 g/mol. The third-order valence-electron chi connectivity index (χ3n) is 5.41. The molecule has 2 heterocycles. The highest BCUT2D eigenvalue weighted by molar-refractivity contribution is 5.89. The van der Waals surface area contributed by atoms with E-state index in [1.54, 1.807) is 0 Å². The van der Waals surface area contributed by atoms with Crippen LogP contribution in [0.25, 0.3) is 5.69 Å². The van der Waals surface area contributed by atoms with E-state index in [1.807, 2.05) is 59.0 Å². The standard InChI is InChI=1S/C23H27N5O/c1-17-8-7-9-20(16-17)24-23(29)27-14-12-26(13-15-27)22-18(2)25-28(19(22)3)21-10-5-4-6-11-21/h4-11,16H,12-15H2,1-3H3,(H,24,29). The number of piperazine rings is 1. The average Bonchev–Trinajstić information content (AvgIpc) is 3.03. The van der Waals surface area contributed by atoms with E-state index in [0.717, 1.165) is 41.4 Å². The van der Waals surface area contributed by atoms with Crippen molar-refractivity contribution in [1.29, 1.82) is 0 Å². The first-order valence-electron chi connectivity index (χ1n) is 10.0. The minimum absolute atomic E-state index is 0.0383. The van der Waals surface area contributed by atoms with Crippen LogP contribution in [0.15, 0.2) is 54.6 Å². The van der Waals surface area contributed by atoms with Crippen LogP contribution in [0.1, 0.15) is 17.0 Å². The molecule has 1 aromatic heterocycles. The predicted octanol–water partition coefficient (Wildman–Crippen LogP) is 4.15. The molecule has 6 heteroatoms. The van der Waals surface area contributed by atoms with Crippen LogP contribution >= 0.6 is 0 Å². The molecule has 4 rings (SSSR count). The largest absolute Gasteiger partial charge is 0.365 e. The van der Waals surface area contributed by atoms with Gasteiger partial charge in [0.1, 0.15) is 0 Å². The zero-order chi connectivity index (χ0) is 20.4. The highest BCUT2D eigenvalue weighted by atomic mass is 16.2. The van der Waals surface area contributed by atoms with Crippen molar-refractivity contribution in [2.24, 2.45) is 0 Å². The van der Waals surface area contributed by atoms with Crippen LogP contribution in [0.3, 0.4) is 0 Å². The molecule has 0 unspecified atom stereocenters. The molecular weight excluding hydrogens is 362 g/mol. The van der Waals surface area contributed by atoms with Crippen LogP contribution in [0.5, 0.6) is 0 Å². The maximum Gasteiger partial charge on any atom is 0.321 e. The molecule has 1 aliphatic heterocycles. The number of aromatic nitrogens is 2. The summed E-state index contributed by atoms with van der Waals surface area (Å²) >= 11 is 0. The van der Waals surface area contributed by atoms with Gasteiger partial charge in [0.15, 0.2) is 0 Å². The fourth-order valence-corrected chi connectivity index (χ4v) is 3.97. The van der Waals surface area contributed by atoms with Crippen LogP contribution in [0.2, 0.25) is 0 Å². The summed E-state index contributed by atoms with van der Waals surface area (Å²) in [5.74, 6) is 0. The summed E-state index contributed by atoms with van der Waals surface area (Å²) in [6, 6.07) is 18.0. The number of carbonyl (C=O) groups is 1. The molecule has 0 aliphatic carbocycles. The van der Waals surface area contributed by atoms with Gasteiger partial charge in [0.05, 0.1) is 22.8 Å². The van der Waals surface area contributed by atoms with Crippen molar-refractivity contribution >= 4 is 17.4 Å². The lowest BCUT2D eigenvalue weighted by Crippen LogP contribution is -2.50. The van der Waals surface area contributed by atoms with Crippen LogP contribution in [-0.4, -0.2) is 46.9 Å². The van der Waals surface area contributed by atoms with Crippen LogP contribution in [0, 0.1) is 20.8 Å². The quantitative estimate of drug-likeness (QED) is 0.732. The van der Waals surface area contributed by atoms with E-state index in [1.165, 1.54) is 5.69 Å². The lowest BCUT2D eigenvalue weighted by atomic mass is 10.2. The number of rotatable bonds is 3. The smallest absolute Gasteiger partial charge is 0.321 e. The first-order chi connectivity index (χ1) is 14.0. The Labute approximate surface area is 171 Å². The lowest BCUT2D eigenvalue weighted by molar-refractivity contribution is 0.208. The van der Waals surface area contributed by atoms with E-state index < -0.39 is 0 Å². The number of benzene rings is 2. The molecule has 0 spiro atoms. The van der Waals surface area contributed by atoms with Crippen molar-refractivity contribution < 1.29 is 4.79 Å². The summed E-state index contributed by atoms with van der Waals surface area (Å²) in [6.07, 6.45) is 0. The Hall–Kier alpha value is -3.28. The van der Waals surface area contributed by atoms with Gasteiger partial charge in [-0.15, -0.1) is 0 Å². The molecule has 1 fully saturated rings. The van der Waals surface area contributed by atoms with Crippen molar-refractivity contribution in [2.75, 3.05) is 36.4 Å². The number of hydrogen-bond acceptors (Lipinski definition) is 3. The number of para-hydroxylation sites is 1. The second-order valence-corrected chi connectivity index (χ2v) is 7.54. The van der Waals surface area contributed by atoms with Crippen LogP contribution < -0.4 is 10.2 Å². The second kappa shape index (κ2) is 7.99. The molecule has 0 bridgehead atoms. The highest BCUT2D eigenvalue weighted by Gasteiger charge is 2.25. The molecule has 6 nitrogen and oxygen atoms in total. The van der Waals surface area contributed by atoms with Gasteiger partial charge in [0.2, 0.25) is 0 Å². The van der Waals surface area contributed by atoms with Crippen molar-refractivity contribution in [3.63, 3.8) is 0 Å². The summed E-state index contributed by atoms with van der Waals surface area (Å²) in [5, 5.41) is 7.76. The predicted molar refractivity (Wildman–Crippen MR) is 117 cm³/mol. The minimum Gasteiger partial charge on any atom is -0.365 e. The van der Waals surface area contributed by atoms with E-state index >= 15 is 0 Å². The first-order valence-corrected chi connectivity index (χ1v) is 10.0. The molecule has 1 saturated heterocycles. The van der Waals surface area contributed by atoms with Crippen molar-refractivity contribution in [1.82, 2.24) is 14.7 Å². The Kier molecular flexibility index (Phi) is 5.25. The molecular formula is C23H27N5O. The zero-order valence-electron chi connectivity index (χ0n) is 17.2. The number of amides is 2. The molecule has 3 aromatic rings. The van der Waals surface area contributed by atoms with Gasteiger partial charge in [-0.2, -0.15) is 5.10 Å². The number of aryl methyl sites for hydroxylation is 2. The lowest BCUT2D eigenvalue weighted by Gasteiger charge is -2.36. The SMILES string of the molecule is Cc1cccc(NC(=O)N2CCN(c3c(C)nn(-c4ccccc4)c3C)CC2)c1. The third kappa shape index (κ3) is 3.97. The number of urea groups is 1. The van der Waals surface area contributed by atoms with Crippen molar-refractivity contribution in [3.8, 4) is 5.69 Å². The van der Waals surface area contributed by atoms with E-state index in [0.29, 0.717) is 13.1 Å². The van der Waals surface area contributed by atoms with Gasteiger partial charge in [-0.1, -0.05) is 30.3 Å². The van der Waals surface area contributed by atoms with Gasteiger partial charge in [0.25, 0.3) is 0 Å². The first kappa shape index (κ1) is 19.1. The van der Waals surface area contributed by atoms with Gasteiger partial charge in [0, 0.05) is 31.9 Å². The molecule has 1 N–H and O–H groups in total. The molecule has 2 amide bonds. The number of nitrogens with one attached hydrogen (secondary N) is 1. The van der Waals surface area contributed by atoms with Gasteiger partial charge < -0.3 is 15.1 Å². The molecule has 0 saturated carbocycles. The Morgan fingerprint density at radius 3 is 2.34 bits per heavy atom. The highest BCUT2D eigenvalue weighted by Crippen LogP contribution is 2.27. The molecule has 0 radical (unpaired) electrons. The van der Waals surface area contributed by atoms with Gasteiger partial charge >= 0.3 is 6.03 Å². The fraction of sp³-hybridized carbons (Fsp3) is 0.304. The molecule has 2 aromatic carbocycles. The van der Waals surface area contributed by atoms with Crippen LogP contribution in [-0.2, 0) is 0 Å². The normalized spacial score (nSPS) is 14.2. The summed E-state index contributed by atoms with van der Waals surface area (Å²) in [7, 11) is 0. The summed E-state index contributed by atoms with van der Waals surface area (Å²) in [6.45, 7) is 9.15. The summed E-state index contributed by atoms with van der Waals surface area (Å²) < 4.78 is 2.00. The van der Waals surface area contributed by atoms with Gasteiger partial charge in [-0.3, -0.25) is 0 Å². The Morgan fingerprint density at radius 2 is 1.66 bits per heavy atom. The fourth-order valence-electron chi connectivity index (χ4n) is 3.97. The van der Waals surface area contributed by atoms with E-state index in [2.05, 4.69) is 36.2 Å². The Balaban J connectivity index is 1.43. The summed E-state index contributed by atoms with van der Waals surface area (Å²) in [4.78, 5) is 16.8. The number of nitrogens with zero attached hydrogens (tertiary/aromatic N) is 4.